The van der Waals surface area contributed by atoms with Crippen LogP contribution in [0.3, 0.4) is 0 Å². The smallest absolute Gasteiger partial charge is 0.341 e. The van der Waals surface area contributed by atoms with E-state index in [1.54, 1.807) is 6.92 Å². The average Bonchev–Trinajstić information content (AvgIpc) is 3.51. The molecular weight excluding hydrogens is 442 g/mol. The summed E-state index contributed by atoms with van der Waals surface area (Å²) < 4.78 is 16.1. The van der Waals surface area contributed by atoms with E-state index in [1.165, 1.54) is 21.8 Å². The predicted octanol–water partition coefficient (Wildman–Crippen LogP) is 2.90. The van der Waals surface area contributed by atoms with Crippen molar-refractivity contribution < 1.29 is 23.8 Å². The monoisotopic (exact) mass is 471 g/mol. The van der Waals surface area contributed by atoms with Crippen LogP contribution in [0.1, 0.15) is 39.7 Å². The van der Waals surface area contributed by atoms with Gasteiger partial charge in [0.2, 0.25) is 12.7 Å². The van der Waals surface area contributed by atoms with Crippen molar-refractivity contribution in [2.24, 2.45) is 0 Å². The van der Waals surface area contributed by atoms with Crippen LogP contribution in [0.5, 0.6) is 11.5 Å². The molecule has 5 rings (SSSR count). The molecule has 176 valence electrons. The van der Waals surface area contributed by atoms with Gasteiger partial charge in [-0.2, -0.15) is 0 Å². The van der Waals surface area contributed by atoms with Crippen LogP contribution < -0.4 is 14.8 Å². The number of fused-ring (bicyclic) bond motifs is 2. The Morgan fingerprint density at radius 2 is 1.88 bits per heavy atom. The van der Waals surface area contributed by atoms with E-state index in [1.807, 2.05) is 12.1 Å². The number of thiophene rings is 1. The molecule has 1 amide bonds. The molecule has 33 heavy (non-hydrogen) atoms. The number of rotatable bonds is 7. The zero-order valence-corrected chi connectivity index (χ0v) is 19.7. The molecule has 0 bridgehead atoms. The lowest BCUT2D eigenvalue weighted by molar-refractivity contribution is -0.117. The molecule has 1 aliphatic carbocycles. The van der Waals surface area contributed by atoms with Crippen LogP contribution in [0.4, 0.5) is 5.00 Å². The number of carbonyl (C=O) groups excluding carboxylic acids is 2. The molecule has 0 unspecified atom stereocenters. The van der Waals surface area contributed by atoms with Gasteiger partial charge in [-0.1, -0.05) is 6.07 Å². The third-order valence-electron chi connectivity index (χ3n) is 6.33. The number of amides is 1. The van der Waals surface area contributed by atoms with E-state index in [0.29, 0.717) is 23.7 Å². The van der Waals surface area contributed by atoms with Crippen molar-refractivity contribution in [3.05, 3.63) is 39.8 Å². The molecule has 0 saturated carbocycles. The van der Waals surface area contributed by atoms with Crippen molar-refractivity contribution in [1.82, 2.24) is 9.80 Å². The maximum absolute atomic E-state index is 12.8. The van der Waals surface area contributed by atoms with Crippen molar-refractivity contribution in [2.45, 2.75) is 32.7 Å². The summed E-state index contributed by atoms with van der Waals surface area (Å²) in [7, 11) is 0. The van der Waals surface area contributed by atoms with Crippen LogP contribution in [-0.2, 0) is 28.9 Å². The minimum Gasteiger partial charge on any atom is -0.462 e. The quantitative estimate of drug-likeness (QED) is 0.622. The summed E-state index contributed by atoms with van der Waals surface area (Å²) in [6.07, 6.45) is 2.90. The maximum Gasteiger partial charge on any atom is 0.341 e. The molecule has 2 aliphatic heterocycles. The fraction of sp³-hybridized carbons (Fsp3) is 0.500. The fourth-order valence-electron chi connectivity index (χ4n) is 4.68. The molecule has 8 nitrogen and oxygen atoms in total. The number of piperazine rings is 1. The molecular formula is C24H29N3O5S. The molecule has 2 aromatic rings. The number of hydrogen-bond donors (Lipinski definition) is 1. The first-order chi connectivity index (χ1) is 16.1. The summed E-state index contributed by atoms with van der Waals surface area (Å²) in [5.41, 5.74) is 2.82. The van der Waals surface area contributed by atoms with E-state index in [9.17, 15) is 9.59 Å². The summed E-state index contributed by atoms with van der Waals surface area (Å²) >= 11 is 1.52. The number of nitrogens with one attached hydrogen (secondary N) is 1. The van der Waals surface area contributed by atoms with Gasteiger partial charge < -0.3 is 19.5 Å². The van der Waals surface area contributed by atoms with Crippen molar-refractivity contribution >= 4 is 28.2 Å². The standard InChI is InChI=1S/C24H29N3O5S/c1-2-30-24(29)22-17-4-3-5-20(17)33-23(22)25-21(28)14-27-10-8-26(9-11-27)13-16-6-7-18-19(12-16)32-15-31-18/h6-7,12H,2-5,8-11,13-15H2,1H3,(H,25,28). The van der Waals surface area contributed by atoms with Crippen LogP contribution in [-0.4, -0.2) is 67.8 Å². The minimum absolute atomic E-state index is 0.0790. The number of ether oxygens (including phenoxy) is 3. The summed E-state index contributed by atoms with van der Waals surface area (Å²) in [6, 6.07) is 6.08. The van der Waals surface area contributed by atoms with Crippen molar-refractivity contribution in [1.29, 1.82) is 0 Å². The van der Waals surface area contributed by atoms with Gasteiger partial charge in [0.05, 0.1) is 18.7 Å². The highest BCUT2D eigenvalue weighted by molar-refractivity contribution is 7.17. The first-order valence-electron chi connectivity index (χ1n) is 11.6. The first kappa shape index (κ1) is 22.2. The molecule has 0 radical (unpaired) electrons. The SMILES string of the molecule is CCOC(=O)c1c(NC(=O)CN2CCN(Cc3ccc4c(c3)OCO4)CC2)sc2c1CCC2. The Morgan fingerprint density at radius 1 is 1.09 bits per heavy atom. The van der Waals surface area contributed by atoms with E-state index >= 15 is 0 Å². The van der Waals surface area contributed by atoms with Crippen LogP contribution in [0, 0.1) is 0 Å². The van der Waals surface area contributed by atoms with Crippen molar-refractivity contribution in [2.75, 3.05) is 51.4 Å². The van der Waals surface area contributed by atoms with Gasteiger partial charge in [0.1, 0.15) is 5.00 Å². The van der Waals surface area contributed by atoms with E-state index in [4.69, 9.17) is 14.2 Å². The molecule has 1 aromatic heterocycles. The zero-order valence-electron chi connectivity index (χ0n) is 18.9. The maximum atomic E-state index is 12.8. The number of benzene rings is 1. The molecule has 9 heteroatoms. The van der Waals surface area contributed by atoms with Gasteiger partial charge in [0.15, 0.2) is 11.5 Å². The number of carbonyl (C=O) groups is 2. The van der Waals surface area contributed by atoms with Gasteiger partial charge in [0.25, 0.3) is 0 Å². The second kappa shape index (κ2) is 9.70. The highest BCUT2D eigenvalue weighted by atomic mass is 32.1. The highest BCUT2D eigenvalue weighted by Gasteiger charge is 2.29. The average molecular weight is 472 g/mol. The number of aryl methyl sites for hydroxylation is 1. The summed E-state index contributed by atoms with van der Waals surface area (Å²) in [6.45, 7) is 7.01. The zero-order chi connectivity index (χ0) is 22.8. The second-order valence-electron chi connectivity index (χ2n) is 8.57. The van der Waals surface area contributed by atoms with Crippen molar-refractivity contribution in [3.8, 4) is 11.5 Å². The number of esters is 1. The lowest BCUT2D eigenvalue weighted by atomic mass is 10.1. The van der Waals surface area contributed by atoms with E-state index < -0.39 is 0 Å². The Hall–Kier alpha value is -2.62. The Bertz CT molecular complexity index is 1040. The Labute approximate surface area is 197 Å². The topological polar surface area (TPSA) is 80.3 Å². The molecule has 3 heterocycles. The Balaban J connectivity index is 1.13. The summed E-state index contributed by atoms with van der Waals surface area (Å²) in [5, 5.41) is 3.64. The molecule has 0 atom stereocenters. The summed E-state index contributed by atoms with van der Waals surface area (Å²) in [4.78, 5) is 31.0. The number of nitrogens with zero attached hydrogens (tertiary/aromatic N) is 2. The van der Waals surface area contributed by atoms with E-state index in [2.05, 4.69) is 21.2 Å². The normalized spacial score (nSPS) is 17.7. The van der Waals surface area contributed by atoms with E-state index in [0.717, 1.165) is 69.0 Å². The Kier molecular flexibility index (Phi) is 6.52. The number of hydrogen-bond acceptors (Lipinski definition) is 8. The molecule has 0 spiro atoms. The second-order valence-corrected chi connectivity index (χ2v) is 9.68. The van der Waals surface area contributed by atoms with Gasteiger partial charge in [-0.05, 0) is 49.4 Å². The van der Waals surface area contributed by atoms with Crippen LogP contribution in [0.15, 0.2) is 18.2 Å². The first-order valence-corrected chi connectivity index (χ1v) is 12.4. The molecule has 1 saturated heterocycles. The number of anilines is 1. The van der Waals surface area contributed by atoms with Gasteiger partial charge in [-0.3, -0.25) is 14.6 Å². The lowest BCUT2D eigenvalue weighted by Crippen LogP contribution is -2.48. The summed E-state index contributed by atoms with van der Waals surface area (Å²) in [5.74, 6) is 1.20. The van der Waals surface area contributed by atoms with E-state index in [-0.39, 0.29) is 18.7 Å². The fourth-order valence-corrected chi connectivity index (χ4v) is 5.98. The molecule has 1 aromatic carbocycles. The lowest BCUT2D eigenvalue weighted by Gasteiger charge is -2.34. The minimum atomic E-state index is -0.329. The van der Waals surface area contributed by atoms with Gasteiger partial charge >= 0.3 is 5.97 Å². The molecule has 3 aliphatic rings. The van der Waals surface area contributed by atoms with Crippen LogP contribution in [0.2, 0.25) is 0 Å². The Morgan fingerprint density at radius 3 is 2.70 bits per heavy atom. The van der Waals surface area contributed by atoms with Gasteiger partial charge in [-0.25, -0.2) is 4.79 Å². The predicted molar refractivity (Wildman–Crippen MR) is 125 cm³/mol. The highest BCUT2D eigenvalue weighted by Crippen LogP contribution is 2.39. The van der Waals surface area contributed by atoms with Gasteiger partial charge in [0, 0.05) is 37.6 Å². The third kappa shape index (κ3) is 4.85. The van der Waals surface area contributed by atoms with Crippen molar-refractivity contribution in [3.63, 3.8) is 0 Å². The van der Waals surface area contributed by atoms with Crippen LogP contribution in [0.25, 0.3) is 0 Å². The van der Waals surface area contributed by atoms with Crippen LogP contribution >= 0.6 is 11.3 Å². The molecule has 1 N–H and O–H groups in total. The third-order valence-corrected chi connectivity index (χ3v) is 7.54. The largest absolute Gasteiger partial charge is 0.462 e. The van der Waals surface area contributed by atoms with Gasteiger partial charge in [-0.15, -0.1) is 11.3 Å². The molecule has 1 fully saturated rings.